The third kappa shape index (κ3) is 3.94. The van der Waals surface area contributed by atoms with Gasteiger partial charge in [0.25, 0.3) is 5.91 Å². The number of aryl methyl sites for hydroxylation is 1. The lowest BCUT2D eigenvalue weighted by Crippen LogP contribution is -2.28. The molecule has 0 atom stereocenters. The highest BCUT2D eigenvalue weighted by molar-refractivity contribution is 7.89. The first-order valence-corrected chi connectivity index (χ1v) is 10.6. The van der Waals surface area contributed by atoms with Gasteiger partial charge in [0, 0.05) is 24.8 Å². The van der Waals surface area contributed by atoms with Crippen LogP contribution >= 0.6 is 0 Å². The van der Waals surface area contributed by atoms with Gasteiger partial charge in [0.15, 0.2) is 5.76 Å². The van der Waals surface area contributed by atoms with Crippen LogP contribution in [0, 0.1) is 6.92 Å². The van der Waals surface area contributed by atoms with Crippen molar-refractivity contribution in [3.63, 3.8) is 0 Å². The Kier molecular flexibility index (Phi) is 5.18. The standard InChI is InChI=1S/C20H26N2O4S/c1-14-18(27(24,25)22-11-7-8-12-22)13-17(26-14)19(23)21-16-10-6-5-9-15(16)20(2,3)4/h5-6,9-10,13H,7-8,11-12H2,1-4H3,(H,21,23). The molecule has 27 heavy (non-hydrogen) atoms. The van der Waals surface area contributed by atoms with E-state index in [0.29, 0.717) is 18.8 Å². The van der Waals surface area contributed by atoms with E-state index in [0.717, 1.165) is 18.4 Å². The number of carbonyl (C=O) groups excluding carboxylic acids is 1. The highest BCUT2D eigenvalue weighted by Crippen LogP contribution is 2.30. The van der Waals surface area contributed by atoms with Gasteiger partial charge >= 0.3 is 0 Å². The molecule has 146 valence electrons. The van der Waals surface area contributed by atoms with E-state index in [2.05, 4.69) is 26.1 Å². The predicted molar refractivity (Wildman–Crippen MR) is 105 cm³/mol. The number of nitrogens with zero attached hydrogens (tertiary/aromatic N) is 1. The number of amides is 1. The van der Waals surface area contributed by atoms with E-state index >= 15 is 0 Å². The maximum Gasteiger partial charge on any atom is 0.291 e. The van der Waals surface area contributed by atoms with E-state index in [1.807, 2.05) is 24.3 Å². The molecule has 3 rings (SSSR count). The fourth-order valence-electron chi connectivity index (χ4n) is 3.33. The number of hydrogen-bond acceptors (Lipinski definition) is 4. The Morgan fingerprint density at radius 2 is 1.78 bits per heavy atom. The third-order valence-electron chi connectivity index (χ3n) is 4.76. The lowest BCUT2D eigenvalue weighted by molar-refractivity contribution is 0.0995. The van der Waals surface area contributed by atoms with Crippen LogP contribution in [0.2, 0.25) is 0 Å². The SMILES string of the molecule is Cc1oc(C(=O)Nc2ccccc2C(C)(C)C)cc1S(=O)(=O)N1CCCC1. The minimum atomic E-state index is -3.63. The summed E-state index contributed by atoms with van der Waals surface area (Å²) in [5.74, 6) is -0.234. The van der Waals surface area contributed by atoms with Gasteiger partial charge in [-0.3, -0.25) is 4.79 Å². The van der Waals surface area contributed by atoms with Crippen LogP contribution in [0.15, 0.2) is 39.6 Å². The quantitative estimate of drug-likeness (QED) is 0.858. The number of sulfonamides is 1. The molecule has 0 aliphatic carbocycles. The Morgan fingerprint density at radius 1 is 1.15 bits per heavy atom. The zero-order valence-corrected chi connectivity index (χ0v) is 17.0. The first-order chi connectivity index (χ1) is 12.6. The number of carbonyl (C=O) groups is 1. The number of nitrogens with one attached hydrogen (secondary N) is 1. The van der Waals surface area contributed by atoms with Crippen LogP contribution < -0.4 is 5.32 Å². The molecule has 1 amide bonds. The molecule has 1 aliphatic rings. The summed E-state index contributed by atoms with van der Waals surface area (Å²) in [5, 5.41) is 2.85. The second-order valence-electron chi connectivity index (χ2n) is 7.89. The Labute approximate surface area is 160 Å². The van der Waals surface area contributed by atoms with Crippen molar-refractivity contribution in [1.82, 2.24) is 4.31 Å². The molecule has 1 N–H and O–H groups in total. The predicted octanol–water partition coefficient (Wildman–Crippen LogP) is 3.92. The van der Waals surface area contributed by atoms with E-state index in [1.165, 1.54) is 10.4 Å². The molecule has 1 saturated heterocycles. The first-order valence-electron chi connectivity index (χ1n) is 9.12. The van der Waals surface area contributed by atoms with Gasteiger partial charge in [-0.15, -0.1) is 0 Å². The summed E-state index contributed by atoms with van der Waals surface area (Å²) in [6.45, 7) is 8.78. The van der Waals surface area contributed by atoms with Crippen LogP contribution in [-0.4, -0.2) is 31.7 Å². The normalized spacial score (nSPS) is 15.9. The average molecular weight is 391 g/mol. The van der Waals surface area contributed by atoms with Crippen molar-refractivity contribution < 1.29 is 17.6 Å². The monoisotopic (exact) mass is 390 g/mol. The van der Waals surface area contributed by atoms with E-state index < -0.39 is 15.9 Å². The van der Waals surface area contributed by atoms with Crippen LogP contribution in [0.25, 0.3) is 0 Å². The molecule has 0 radical (unpaired) electrons. The molecular weight excluding hydrogens is 364 g/mol. The Bertz CT molecular complexity index is 949. The van der Waals surface area contributed by atoms with Gasteiger partial charge in [0.05, 0.1) is 0 Å². The number of hydrogen-bond donors (Lipinski definition) is 1. The number of para-hydroxylation sites is 1. The molecule has 0 bridgehead atoms. The smallest absolute Gasteiger partial charge is 0.291 e. The number of benzene rings is 1. The summed E-state index contributed by atoms with van der Waals surface area (Å²) in [5.41, 5.74) is 1.53. The van der Waals surface area contributed by atoms with Gasteiger partial charge in [-0.05, 0) is 36.8 Å². The summed E-state index contributed by atoms with van der Waals surface area (Å²) in [7, 11) is -3.63. The molecule has 0 unspecified atom stereocenters. The van der Waals surface area contributed by atoms with Gasteiger partial charge in [0.2, 0.25) is 10.0 Å². The van der Waals surface area contributed by atoms with E-state index in [9.17, 15) is 13.2 Å². The van der Waals surface area contributed by atoms with Crippen LogP contribution in [-0.2, 0) is 15.4 Å². The highest BCUT2D eigenvalue weighted by atomic mass is 32.2. The van der Waals surface area contributed by atoms with Crippen LogP contribution in [0.4, 0.5) is 5.69 Å². The molecular formula is C20H26N2O4S. The summed E-state index contributed by atoms with van der Waals surface area (Å²) >= 11 is 0. The van der Waals surface area contributed by atoms with Crippen molar-refractivity contribution in [3.05, 3.63) is 47.4 Å². The molecule has 1 aromatic carbocycles. The molecule has 6 nitrogen and oxygen atoms in total. The molecule has 7 heteroatoms. The van der Waals surface area contributed by atoms with Crippen molar-refractivity contribution >= 4 is 21.6 Å². The molecule has 1 aliphatic heterocycles. The number of anilines is 1. The minimum absolute atomic E-state index is 0.00557. The van der Waals surface area contributed by atoms with Crippen LogP contribution in [0.1, 0.15) is 55.5 Å². The largest absolute Gasteiger partial charge is 0.455 e. The Hall–Kier alpha value is -2.12. The van der Waals surface area contributed by atoms with Gasteiger partial charge in [-0.2, -0.15) is 4.31 Å². The van der Waals surface area contributed by atoms with Crippen LogP contribution in [0.3, 0.4) is 0 Å². The Balaban J connectivity index is 1.88. The summed E-state index contributed by atoms with van der Waals surface area (Å²) < 4.78 is 32.5. The topological polar surface area (TPSA) is 79.6 Å². The van der Waals surface area contributed by atoms with Gasteiger partial charge < -0.3 is 9.73 Å². The fourth-order valence-corrected chi connectivity index (χ4v) is 5.01. The molecule has 2 heterocycles. The van der Waals surface area contributed by atoms with Gasteiger partial charge in [0.1, 0.15) is 10.7 Å². The maximum absolute atomic E-state index is 12.8. The number of furan rings is 1. The van der Waals surface area contributed by atoms with Gasteiger partial charge in [-0.1, -0.05) is 39.0 Å². The summed E-state index contributed by atoms with van der Waals surface area (Å²) in [4.78, 5) is 12.8. The lowest BCUT2D eigenvalue weighted by Gasteiger charge is -2.22. The number of rotatable bonds is 4. The van der Waals surface area contributed by atoms with Crippen molar-refractivity contribution in [2.75, 3.05) is 18.4 Å². The van der Waals surface area contributed by atoms with Gasteiger partial charge in [-0.25, -0.2) is 8.42 Å². The average Bonchev–Trinajstić information content (AvgIpc) is 3.24. The zero-order chi connectivity index (χ0) is 19.8. The van der Waals surface area contributed by atoms with E-state index in [-0.39, 0.29) is 21.8 Å². The summed E-state index contributed by atoms with van der Waals surface area (Å²) in [6, 6.07) is 8.90. The molecule has 1 fully saturated rings. The summed E-state index contributed by atoms with van der Waals surface area (Å²) in [6.07, 6.45) is 1.71. The first kappa shape index (κ1) is 19.6. The van der Waals surface area contributed by atoms with E-state index in [4.69, 9.17) is 4.42 Å². The highest BCUT2D eigenvalue weighted by Gasteiger charge is 2.32. The van der Waals surface area contributed by atoms with Crippen molar-refractivity contribution in [2.45, 2.75) is 50.8 Å². The lowest BCUT2D eigenvalue weighted by atomic mass is 9.86. The second kappa shape index (κ2) is 7.13. The Morgan fingerprint density at radius 3 is 2.41 bits per heavy atom. The zero-order valence-electron chi connectivity index (χ0n) is 16.2. The maximum atomic E-state index is 12.8. The molecule has 2 aromatic rings. The van der Waals surface area contributed by atoms with Crippen molar-refractivity contribution in [3.8, 4) is 0 Å². The van der Waals surface area contributed by atoms with Crippen molar-refractivity contribution in [1.29, 1.82) is 0 Å². The minimum Gasteiger partial charge on any atom is -0.455 e. The molecule has 1 aromatic heterocycles. The fraction of sp³-hybridized carbons (Fsp3) is 0.450. The van der Waals surface area contributed by atoms with Crippen LogP contribution in [0.5, 0.6) is 0 Å². The molecule has 0 saturated carbocycles. The second-order valence-corrected chi connectivity index (χ2v) is 9.80. The third-order valence-corrected chi connectivity index (χ3v) is 6.77. The van der Waals surface area contributed by atoms with E-state index in [1.54, 1.807) is 6.92 Å². The van der Waals surface area contributed by atoms with Crippen molar-refractivity contribution in [2.24, 2.45) is 0 Å². The molecule has 0 spiro atoms.